The van der Waals surface area contributed by atoms with Gasteiger partial charge in [-0.05, 0) is 155 Å². The zero-order chi connectivity index (χ0) is 67.5. The largest absolute Gasteiger partial charge is 0.481 e. The number of aliphatic hydroxyl groups is 1. The number of halogens is 1. The predicted octanol–water partition coefficient (Wildman–Crippen LogP) is 16.7. The van der Waals surface area contributed by atoms with Gasteiger partial charge in [-0.2, -0.15) is 21.0 Å². The summed E-state index contributed by atoms with van der Waals surface area (Å²) in [6, 6.07) is 0.833. The van der Waals surface area contributed by atoms with Crippen molar-refractivity contribution in [2.75, 3.05) is 80.3 Å². The van der Waals surface area contributed by atoms with Crippen LogP contribution in [0.15, 0.2) is 94.5 Å². The van der Waals surface area contributed by atoms with Gasteiger partial charge in [-0.1, -0.05) is 126 Å². The highest BCUT2D eigenvalue weighted by molar-refractivity contribution is 7.85. The van der Waals surface area contributed by atoms with Gasteiger partial charge in [-0.3, -0.25) is 9.35 Å². The van der Waals surface area contributed by atoms with Crippen LogP contribution in [0.3, 0.4) is 0 Å². The van der Waals surface area contributed by atoms with Crippen molar-refractivity contribution in [1.82, 2.24) is 5.32 Å². The third-order valence-electron chi connectivity index (χ3n) is 7.44. The molecule has 482 valence electrons. The maximum absolute atomic E-state index is 9.19. The molecule has 2 atom stereocenters. The van der Waals surface area contributed by atoms with Crippen LogP contribution in [0.5, 0.6) is 0 Å². The number of carboxylic acids is 1. The van der Waals surface area contributed by atoms with E-state index < -0.39 is 16.1 Å². The molecule has 0 aliphatic carbocycles. The quantitative estimate of drug-likeness (QED) is 0.0213. The van der Waals surface area contributed by atoms with E-state index >= 15 is 0 Å². The number of hydrogen-bond donors (Lipinski definition) is 6. The molecule has 0 aromatic carbocycles. The van der Waals surface area contributed by atoms with Crippen LogP contribution in [0.1, 0.15) is 184 Å². The normalized spacial score (nSPS) is 13.7. The summed E-state index contributed by atoms with van der Waals surface area (Å²) in [4.78, 5) is 24.1. The van der Waals surface area contributed by atoms with Crippen molar-refractivity contribution in [2.45, 2.75) is 196 Å². The van der Waals surface area contributed by atoms with E-state index in [-0.39, 0.29) is 0 Å². The van der Waals surface area contributed by atoms with Crippen LogP contribution in [0.25, 0.3) is 0 Å². The number of aliphatic imine (C=N–C) groups is 2. The van der Waals surface area contributed by atoms with Crippen LogP contribution in [-0.2, 0) is 33.9 Å². The molecule has 4 rings (SSSR count). The summed E-state index contributed by atoms with van der Waals surface area (Å²) in [5.74, 6) is 1.42. The molecular formula is C62H129ClN4O10S3. The molecule has 2 unspecified atom stereocenters. The molecule has 18 heteroatoms. The summed E-state index contributed by atoms with van der Waals surface area (Å²) < 4.78 is 40.7. The van der Waals surface area contributed by atoms with E-state index in [9.17, 15) is 8.42 Å². The number of terminal acetylenes is 1. The number of rotatable bonds is 6. The second-order valence-electron chi connectivity index (χ2n) is 16.6. The van der Waals surface area contributed by atoms with Gasteiger partial charge in [0.1, 0.15) is 0 Å². The van der Waals surface area contributed by atoms with Crippen molar-refractivity contribution in [1.29, 1.82) is 0 Å². The van der Waals surface area contributed by atoms with Crippen LogP contribution < -0.4 is 11.1 Å². The lowest BCUT2D eigenvalue weighted by Gasteiger charge is -2.39. The first kappa shape index (κ1) is 115. The van der Waals surface area contributed by atoms with Gasteiger partial charge >= 0.3 is 0 Å². The summed E-state index contributed by atoms with van der Waals surface area (Å²) in [7, 11) is 1.81. The van der Waals surface area contributed by atoms with Crippen molar-refractivity contribution < 1.29 is 47.0 Å². The van der Waals surface area contributed by atoms with Crippen molar-refractivity contribution in [3.63, 3.8) is 0 Å². The molecule has 0 spiro atoms. The monoisotopic (exact) mass is 1220 g/mol. The molecule has 0 aromatic heterocycles. The highest BCUT2D eigenvalue weighted by Crippen LogP contribution is 2.34. The first-order chi connectivity index (χ1) is 37.2. The van der Waals surface area contributed by atoms with Crippen LogP contribution in [0, 0.1) is 23.2 Å². The van der Waals surface area contributed by atoms with E-state index in [0.717, 1.165) is 59.5 Å². The number of unbranched alkanes of at least 4 members (excludes halogenated alkanes) is 1. The Kier molecular flexibility index (Phi) is 160. The fourth-order valence-electron chi connectivity index (χ4n) is 2.49. The van der Waals surface area contributed by atoms with Gasteiger partial charge in [0.2, 0.25) is 6.08 Å². The molecular weight excluding hydrogens is 1090 g/mol. The number of isocyanates is 1. The summed E-state index contributed by atoms with van der Waals surface area (Å²) in [5, 5.41) is 20.3. The molecule has 0 aromatic rings. The Hall–Kier alpha value is -3.30. The maximum Gasteiger partial charge on any atom is 0.300 e. The van der Waals surface area contributed by atoms with Crippen molar-refractivity contribution in [2.24, 2.45) is 26.5 Å². The van der Waals surface area contributed by atoms with E-state index in [0.29, 0.717) is 28.2 Å². The summed E-state index contributed by atoms with van der Waals surface area (Å²) in [6.07, 6.45) is 32.7. The maximum atomic E-state index is 9.19. The van der Waals surface area contributed by atoms with Crippen molar-refractivity contribution >= 4 is 63.8 Å². The average molecular weight is 1220 g/mol. The Morgan fingerprint density at radius 2 is 1.09 bits per heavy atom. The molecule has 14 nitrogen and oxygen atoms in total. The topological polar surface area (TPSA) is 233 Å². The second-order valence-corrected chi connectivity index (χ2v) is 18.9. The van der Waals surface area contributed by atoms with Gasteiger partial charge in [-0.25, -0.2) is 14.8 Å². The van der Waals surface area contributed by atoms with Gasteiger partial charge in [0, 0.05) is 56.6 Å². The first-order valence-corrected chi connectivity index (χ1v) is 30.1. The highest BCUT2D eigenvalue weighted by Gasteiger charge is 2.34. The predicted molar refractivity (Wildman–Crippen MR) is 367 cm³/mol. The van der Waals surface area contributed by atoms with Gasteiger partial charge in [0.25, 0.3) is 16.1 Å². The minimum absolute atomic E-state index is 0.542. The van der Waals surface area contributed by atoms with Crippen molar-refractivity contribution in [3.8, 4) is 12.3 Å². The lowest BCUT2D eigenvalue weighted by Crippen LogP contribution is -2.41. The number of hydrogen-bond acceptors (Lipinski definition) is 14. The lowest BCUT2D eigenvalue weighted by molar-refractivity contribution is -0.134. The minimum Gasteiger partial charge on any atom is -0.481 e. The van der Waals surface area contributed by atoms with E-state index in [4.69, 9.17) is 50.2 Å². The van der Waals surface area contributed by atoms with E-state index in [1.165, 1.54) is 70.0 Å². The molecule has 4 aliphatic rings. The molecule has 4 heterocycles. The molecule has 80 heavy (non-hydrogen) atoms. The Balaban J connectivity index is -0.0000000434. The number of allylic oxidation sites excluding steroid dienone is 11. The zero-order valence-corrected chi connectivity index (χ0v) is 59.6. The third-order valence-corrected chi connectivity index (χ3v) is 7.62. The number of isothiocyanates is 1. The molecule has 0 radical (unpaired) electrons. The summed E-state index contributed by atoms with van der Waals surface area (Å²) >= 11 is 12.7. The van der Waals surface area contributed by atoms with E-state index in [1.807, 2.05) is 60.6 Å². The zero-order valence-electron chi connectivity index (χ0n) is 56.3. The smallest absolute Gasteiger partial charge is 0.300 e. The number of carboxylic acid groups (broad SMARTS) is 1. The van der Waals surface area contributed by atoms with Gasteiger partial charge in [0.15, 0.2) is 0 Å². The number of thiocarbonyl (C=S) groups is 1. The van der Waals surface area contributed by atoms with Crippen LogP contribution >= 0.6 is 36.4 Å². The number of aliphatic hydroxyl groups excluding tert-OH is 1. The van der Waals surface area contributed by atoms with Crippen LogP contribution in [-0.4, -0.2) is 133 Å². The molecule has 4 fully saturated rings. The van der Waals surface area contributed by atoms with Crippen LogP contribution in [0.2, 0.25) is 0 Å². The third kappa shape index (κ3) is 285. The van der Waals surface area contributed by atoms with E-state index in [1.54, 1.807) is 33.2 Å². The number of thiol groups is 1. The number of aliphatic carboxylic acids is 1. The second kappa shape index (κ2) is 111. The van der Waals surface area contributed by atoms with Crippen molar-refractivity contribution in [3.05, 3.63) is 84.5 Å². The lowest BCUT2D eigenvalue weighted by atomic mass is 9.81. The fraction of sp³-hybridized carbons (Fsp3) is 0.694. The molecule has 4 saturated heterocycles. The molecule has 0 amide bonds. The number of ether oxygens (including phenoxy) is 3. The number of nitrogens with one attached hydrogen (secondary N) is 1. The Morgan fingerprint density at radius 1 is 0.850 bits per heavy atom. The molecule has 6 N–H and O–H groups in total. The Labute approximate surface area is 513 Å². The number of epoxide rings is 1. The van der Waals surface area contributed by atoms with Gasteiger partial charge in [0.05, 0.1) is 50.6 Å². The number of nitrogens with zero attached hydrogens (tertiary/aromatic N) is 2. The Bertz CT molecular complexity index is 1460. The summed E-state index contributed by atoms with van der Waals surface area (Å²) in [5.41, 5.74) is 8.17. The number of nitrogens with two attached hydrogens (primary N) is 1. The van der Waals surface area contributed by atoms with Gasteiger partial charge < -0.3 is 35.5 Å². The standard InChI is InChI=1S/C7H14O.C6H12O.C6H12.2C5H10.2C4H8.C3H5Cl.C3H7N.C3H6O.C3H6.C3H4.C2H3NO.C2H3NS.C2H4O2.CH5N.CH4O3S.CH4O.CH4S/c1-3-7(4-2)5-8-6-7;1-3-6(2)4-7-5-6;1-3-5-6-4-2;1-4-5(2)3;1-3-5-4-2;1-4(2)3;1-3-4-2;1-3(2)4;2*1-3-2-4-3;2*1-3-2;2*1-3-2-4;1-2(3)4;1-2;1-5(2,3)4;2*1-2/h3-6H2,1-2H3;3-5H2,1-2H3;3,5H,4,6H2,1-2H3;4H,1-3H3;3,5H,4H2,1-2H3;1H2,2-3H3;3-4H,1-2H3;1H2,2H3;3-4H,2H2,1H3;3H,2H2,1H3;3H,1H2,2H3;1H,2H3;2*1H3;1H3,(H,3,4);2H2,1H3;1H3,(H,2,3,4);2*2H,1H3/b;;5-3+;;5-3+;;4-3+;;;;;;;;;;;;. The van der Waals surface area contributed by atoms with Crippen LogP contribution in [0.4, 0.5) is 0 Å². The SMILES string of the molecule is C#CC.C/C=C/C.C/C=C/CC.C/C=C/CCC.C=C(C)C.C=C(C)Cl.C=CC.CC(=O)O.CC1CN1.CC1CO1.CC=C(C)C.CCC1(C)COC1.CCC1(CC)COC1.CN.CN=C=O.CN=C=S.CO.CS.CS(=O)(=O)O. The van der Waals surface area contributed by atoms with Gasteiger partial charge in [-0.15, -0.1) is 25.5 Å². The molecule has 0 bridgehead atoms. The number of carbonyl (C=O) groups is 1. The highest BCUT2D eigenvalue weighted by atomic mass is 35.5. The average Bonchev–Trinajstić information content (AvgIpc) is 4.35. The molecule has 0 saturated carbocycles. The Morgan fingerprint density at radius 3 is 1.10 bits per heavy atom. The fourth-order valence-corrected chi connectivity index (χ4v) is 2.49. The number of carbonyl (C=O) groups excluding carboxylic acids is 1. The minimum atomic E-state index is -3.67. The summed E-state index contributed by atoms with van der Waals surface area (Å²) in [6.45, 7) is 58.5. The first-order valence-electron chi connectivity index (χ1n) is 26.5. The molecule has 4 aliphatic heterocycles. The van der Waals surface area contributed by atoms with E-state index in [2.05, 4.69) is 190 Å².